The molecule has 1 N–H and O–H groups in total. The van der Waals surface area contributed by atoms with Crippen LogP contribution in [0.25, 0.3) is 0 Å². The van der Waals surface area contributed by atoms with Crippen molar-refractivity contribution in [3.63, 3.8) is 0 Å². The molecule has 0 aromatic carbocycles. The maximum absolute atomic E-state index is 10.9. The van der Waals surface area contributed by atoms with E-state index in [0.717, 1.165) is 25.3 Å². The summed E-state index contributed by atoms with van der Waals surface area (Å²) in [6.07, 6.45) is 3.69. The van der Waals surface area contributed by atoms with E-state index in [4.69, 9.17) is 5.11 Å². The largest absolute Gasteiger partial charge is 0.477 e. The lowest BCUT2D eigenvalue weighted by molar-refractivity contribution is 0.0690. The molecule has 2 aromatic rings. The zero-order valence-electron chi connectivity index (χ0n) is 11.4. The fourth-order valence-electron chi connectivity index (χ4n) is 1.94. The first-order chi connectivity index (χ1) is 9.69. The van der Waals surface area contributed by atoms with E-state index in [1.54, 1.807) is 12.3 Å². The number of carbonyl (C=O) groups is 1. The Bertz CT molecular complexity index is 554. The number of hydrogen-bond acceptors (Lipinski definition) is 4. The number of aromatic nitrogens is 3. The normalized spacial score (nSPS) is 10.9. The summed E-state index contributed by atoms with van der Waals surface area (Å²) in [5.74, 6) is -0.994. The highest BCUT2D eigenvalue weighted by molar-refractivity contribution is 5.85. The van der Waals surface area contributed by atoms with E-state index in [1.807, 2.05) is 23.0 Å². The maximum Gasteiger partial charge on any atom is 0.354 e. The van der Waals surface area contributed by atoms with E-state index < -0.39 is 5.97 Å². The molecule has 0 bridgehead atoms. The van der Waals surface area contributed by atoms with Crippen LogP contribution in [-0.2, 0) is 13.1 Å². The zero-order valence-corrected chi connectivity index (χ0v) is 11.4. The molecule has 0 spiro atoms. The fourth-order valence-corrected chi connectivity index (χ4v) is 1.94. The summed E-state index contributed by atoms with van der Waals surface area (Å²) in [6, 6.07) is 6.98. The predicted molar refractivity (Wildman–Crippen MR) is 74.4 cm³/mol. The van der Waals surface area contributed by atoms with E-state index in [-0.39, 0.29) is 5.69 Å². The van der Waals surface area contributed by atoms with Crippen LogP contribution in [0, 0.1) is 0 Å². The number of aromatic carboxylic acids is 1. The number of carboxylic acids is 1. The molecular formula is C14H18N4O2. The summed E-state index contributed by atoms with van der Waals surface area (Å²) in [5, 5.41) is 13.1. The van der Waals surface area contributed by atoms with Crippen LogP contribution in [0.1, 0.15) is 23.1 Å². The Morgan fingerprint density at radius 3 is 2.90 bits per heavy atom. The van der Waals surface area contributed by atoms with Crippen LogP contribution < -0.4 is 0 Å². The SMILES string of the molecule is CCN(CCn1cccn1)Cc1cccc(C(=O)O)n1. The monoisotopic (exact) mass is 274 g/mol. The number of pyridine rings is 1. The Kier molecular flexibility index (Phi) is 4.84. The maximum atomic E-state index is 10.9. The van der Waals surface area contributed by atoms with Gasteiger partial charge in [0.2, 0.25) is 0 Å². The van der Waals surface area contributed by atoms with E-state index >= 15 is 0 Å². The van der Waals surface area contributed by atoms with Crippen LogP contribution in [0.5, 0.6) is 0 Å². The Morgan fingerprint density at radius 2 is 2.25 bits per heavy atom. The van der Waals surface area contributed by atoms with Gasteiger partial charge in [-0.05, 0) is 24.7 Å². The van der Waals surface area contributed by atoms with Crippen molar-refractivity contribution < 1.29 is 9.90 Å². The molecule has 2 aromatic heterocycles. The number of hydrogen-bond donors (Lipinski definition) is 1. The van der Waals surface area contributed by atoms with Crippen molar-refractivity contribution in [2.24, 2.45) is 0 Å². The molecule has 0 atom stereocenters. The number of rotatable bonds is 7. The second kappa shape index (κ2) is 6.81. The quantitative estimate of drug-likeness (QED) is 0.828. The third kappa shape index (κ3) is 3.89. The Hall–Kier alpha value is -2.21. The third-order valence-corrected chi connectivity index (χ3v) is 3.06. The van der Waals surface area contributed by atoms with Gasteiger partial charge in [-0.3, -0.25) is 9.58 Å². The van der Waals surface area contributed by atoms with Crippen molar-refractivity contribution in [3.05, 3.63) is 48.0 Å². The van der Waals surface area contributed by atoms with E-state index in [0.29, 0.717) is 6.54 Å². The molecule has 0 aliphatic heterocycles. The van der Waals surface area contributed by atoms with Gasteiger partial charge in [0.25, 0.3) is 0 Å². The lowest BCUT2D eigenvalue weighted by Crippen LogP contribution is -2.27. The molecular weight excluding hydrogens is 256 g/mol. The van der Waals surface area contributed by atoms with Gasteiger partial charge >= 0.3 is 5.97 Å². The molecule has 20 heavy (non-hydrogen) atoms. The third-order valence-electron chi connectivity index (χ3n) is 3.06. The highest BCUT2D eigenvalue weighted by Crippen LogP contribution is 2.04. The fraction of sp³-hybridized carbons (Fsp3) is 0.357. The highest BCUT2D eigenvalue weighted by atomic mass is 16.4. The van der Waals surface area contributed by atoms with Gasteiger partial charge in [-0.1, -0.05) is 13.0 Å². The molecule has 0 aliphatic carbocycles. The van der Waals surface area contributed by atoms with Crippen LogP contribution in [0.15, 0.2) is 36.7 Å². The number of carboxylic acid groups (broad SMARTS) is 1. The van der Waals surface area contributed by atoms with Crippen molar-refractivity contribution in [2.75, 3.05) is 13.1 Å². The van der Waals surface area contributed by atoms with Gasteiger partial charge in [-0.15, -0.1) is 0 Å². The van der Waals surface area contributed by atoms with Gasteiger partial charge < -0.3 is 5.11 Å². The summed E-state index contributed by atoms with van der Waals surface area (Å²) in [6.45, 7) is 5.24. The average molecular weight is 274 g/mol. The summed E-state index contributed by atoms with van der Waals surface area (Å²) in [4.78, 5) is 17.2. The Balaban J connectivity index is 1.95. The molecule has 0 amide bonds. The molecule has 6 nitrogen and oxygen atoms in total. The minimum atomic E-state index is -0.994. The molecule has 0 saturated heterocycles. The minimum Gasteiger partial charge on any atom is -0.477 e. The van der Waals surface area contributed by atoms with Crippen LogP contribution in [0.2, 0.25) is 0 Å². The average Bonchev–Trinajstić information content (AvgIpc) is 2.97. The molecule has 0 radical (unpaired) electrons. The van der Waals surface area contributed by atoms with E-state index in [2.05, 4.69) is 21.9 Å². The minimum absolute atomic E-state index is 0.0885. The lowest BCUT2D eigenvalue weighted by atomic mass is 10.3. The van der Waals surface area contributed by atoms with Crippen molar-refractivity contribution >= 4 is 5.97 Å². The predicted octanol–water partition coefficient (Wildman–Crippen LogP) is 1.50. The lowest BCUT2D eigenvalue weighted by Gasteiger charge is -2.20. The van der Waals surface area contributed by atoms with Gasteiger partial charge in [0, 0.05) is 25.5 Å². The van der Waals surface area contributed by atoms with E-state index in [9.17, 15) is 4.79 Å². The molecule has 2 rings (SSSR count). The molecule has 106 valence electrons. The van der Waals surface area contributed by atoms with Crippen molar-refractivity contribution in [2.45, 2.75) is 20.0 Å². The molecule has 0 aliphatic rings. The first-order valence-corrected chi connectivity index (χ1v) is 6.58. The van der Waals surface area contributed by atoms with Crippen LogP contribution in [0.3, 0.4) is 0 Å². The van der Waals surface area contributed by atoms with Gasteiger partial charge in [0.05, 0.1) is 12.2 Å². The molecule has 0 fully saturated rings. The van der Waals surface area contributed by atoms with Crippen molar-refractivity contribution in [1.29, 1.82) is 0 Å². The molecule has 0 saturated carbocycles. The van der Waals surface area contributed by atoms with Gasteiger partial charge in [0.1, 0.15) is 5.69 Å². The zero-order chi connectivity index (χ0) is 14.4. The van der Waals surface area contributed by atoms with Crippen LogP contribution in [0.4, 0.5) is 0 Å². The summed E-state index contributed by atoms with van der Waals surface area (Å²) < 4.78 is 1.88. The molecule has 6 heteroatoms. The number of nitrogens with zero attached hydrogens (tertiary/aromatic N) is 4. The summed E-state index contributed by atoms with van der Waals surface area (Å²) in [7, 11) is 0. The summed E-state index contributed by atoms with van der Waals surface area (Å²) in [5.41, 5.74) is 0.859. The van der Waals surface area contributed by atoms with E-state index in [1.165, 1.54) is 6.07 Å². The Labute approximate surface area is 117 Å². The van der Waals surface area contributed by atoms with Gasteiger partial charge in [0.15, 0.2) is 0 Å². The smallest absolute Gasteiger partial charge is 0.354 e. The van der Waals surface area contributed by atoms with Gasteiger partial charge in [-0.25, -0.2) is 9.78 Å². The second-order valence-electron chi connectivity index (χ2n) is 4.46. The topological polar surface area (TPSA) is 71.2 Å². The highest BCUT2D eigenvalue weighted by Gasteiger charge is 2.08. The Morgan fingerprint density at radius 1 is 1.40 bits per heavy atom. The number of likely N-dealkylation sites (N-methyl/N-ethyl adjacent to an activating group) is 1. The van der Waals surface area contributed by atoms with Crippen molar-refractivity contribution in [1.82, 2.24) is 19.7 Å². The first kappa shape index (κ1) is 14.2. The summed E-state index contributed by atoms with van der Waals surface area (Å²) >= 11 is 0. The molecule has 0 unspecified atom stereocenters. The molecule has 2 heterocycles. The second-order valence-corrected chi connectivity index (χ2v) is 4.46. The van der Waals surface area contributed by atoms with Crippen molar-refractivity contribution in [3.8, 4) is 0 Å². The van der Waals surface area contributed by atoms with Crippen LogP contribution >= 0.6 is 0 Å². The first-order valence-electron chi connectivity index (χ1n) is 6.58. The van der Waals surface area contributed by atoms with Crippen LogP contribution in [-0.4, -0.2) is 43.8 Å². The van der Waals surface area contributed by atoms with Gasteiger partial charge in [-0.2, -0.15) is 5.10 Å². The standard InChI is InChI=1S/C14H18N4O2/c1-2-17(9-10-18-8-4-7-15-18)11-12-5-3-6-13(16-12)14(19)20/h3-8H,2,9-11H2,1H3,(H,19,20).